The molecule has 0 radical (unpaired) electrons. The molecule has 4 heteroatoms. The summed E-state index contributed by atoms with van der Waals surface area (Å²) >= 11 is 0. The lowest BCUT2D eigenvalue weighted by Crippen LogP contribution is -2.12. The van der Waals surface area contributed by atoms with Crippen molar-refractivity contribution in [2.75, 3.05) is 5.32 Å². The first-order valence-electron chi connectivity index (χ1n) is 6.98. The summed E-state index contributed by atoms with van der Waals surface area (Å²) in [6.07, 6.45) is 5.46. The number of hydrogen-bond donors (Lipinski definition) is 1. The third-order valence-electron chi connectivity index (χ3n) is 3.51. The van der Waals surface area contributed by atoms with Gasteiger partial charge in [-0.05, 0) is 35.7 Å². The minimum atomic E-state index is -0.124. The number of pyridine rings is 1. The summed E-state index contributed by atoms with van der Waals surface area (Å²) in [7, 11) is 0. The van der Waals surface area contributed by atoms with Gasteiger partial charge in [0.2, 0.25) is 0 Å². The van der Waals surface area contributed by atoms with Crippen molar-refractivity contribution in [1.29, 1.82) is 0 Å². The van der Waals surface area contributed by atoms with E-state index in [2.05, 4.69) is 24.1 Å². The smallest absolute Gasteiger partial charge is 0.255 e. The first kappa shape index (κ1) is 13.4. The van der Waals surface area contributed by atoms with E-state index in [-0.39, 0.29) is 5.91 Å². The van der Waals surface area contributed by atoms with E-state index in [4.69, 9.17) is 0 Å². The Hall–Kier alpha value is -2.62. The van der Waals surface area contributed by atoms with Gasteiger partial charge in [0.25, 0.3) is 5.91 Å². The van der Waals surface area contributed by atoms with Crippen LogP contribution in [0.25, 0.3) is 5.65 Å². The first-order valence-corrected chi connectivity index (χ1v) is 6.98. The predicted octanol–water partition coefficient (Wildman–Crippen LogP) is 3.71. The third kappa shape index (κ3) is 2.65. The van der Waals surface area contributed by atoms with Gasteiger partial charge in [0.1, 0.15) is 0 Å². The second kappa shape index (κ2) is 5.40. The largest absolute Gasteiger partial charge is 0.319 e. The zero-order valence-electron chi connectivity index (χ0n) is 12.1. The number of carbonyl (C=O) groups excluding carboxylic acids is 1. The lowest BCUT2D eigenvalue weighted by atomic mass is 10.0. The maximum absolute atomic E-state index is 12.3. The fourth-order valence-electron chi connectivity index (χ4n) is 2.26. The van der Waals surface area contributed by atoms with Crippen molar-refractivity contribution in [2.45, 2.75) is 19.8 Å². The molecule has 3 aromatic rings. The van der Waals surface area contributed by atoms with Crippen molar-refractivity contribution in [3.63, 3.8) is 0 Å². The Labute approximate surface area is 123 Å². The molecule has 21 heavy (non-hydrogen) atoms. The number of hydrogen-bond acceptors (Lipinski definition) is 2. The van der Waals surface area contributed by atoms with Gasteiger partial charge >= 0.3 is 0 Å². The SMILES string of the molecule is CC(C)c1ccc(C(=O)Nc2cccn3ccnc23)cc1. The Morgan fingerprint density at radius 1 is 1.14 bits per heavy atom. The first-order chi connectivity index (χ1) is 10.1. The van der Waals surface area contributed by atoms with Crippen LogP contribution in [0, 0.1) is 0 Å². The number of fused-ring (bicyclic) bond motifs is 1. The monoisotopic (exact) mass is 279 g/mol. The van der Waals surface area contributed by atoms with Crippen LogP contribution in [0.4, 0.5) is 5.69 Å². The van der Waals surface area contributed by atoms with E-state index >= 15 is 0 Å². The average molecular weight is 279 g/mol. The predicted molar refractivity (Wildman–Crippen MR) is 83.7 cm³/mol. The van der Waals surface area contributed by atoms with Crippen LogP contribution in [-0.2, 0) is 0 Å². The van der Waals surface area contributed by atoms with Crippen LogP contribution >= 0.6 is 0 Å². The van der Waals surface area contributed by atoms with Crippen molar-refractivity contribution < 1.29 is 4.79 Å². The van der Waals surface area contributed by atoms with Gasteiger partial charge in [-0.1, -0.05) is 26.0 Å². The molecule has 0 unspecified atom stereocenters. The molecular weight excluding hydrogens is 262 g/mol. The molecular formula is C17H17N3O. The molecule has 3 rings (SSSR count). The van der Waals surface area contributed by atoms with Crippen molar-refractivity contribution in [1.82, 2.24) is 9.38 Å². The molecule has 1 aromatic carbocycles. The van der Waals surface area contributed by atoms with Gasteiger partial charge in [-0.3, -0.25) is 4.79 Å². The minimum Gasteiger partial charge on any atom is -0.319 e. The summed E-state index contributed by atoms with van der Waals surface area (Å²) < 4.78 is 1.87. The summed E-state index contributed by atoms with van der Waals surface area (Å²) in [6.45, 7) is 4.27. The van der Waals surface area contributed by atoms with E-state index in [1.165, 1.54) is 5.56 Å². The molecule has 4 nitrogen and oxygen atoms in total. The number of aromatic nitrogens is 2. The molecule has 0 saturated carbocycles. The molecule has 0 atom stereocenters. The number of nitrogens with zero attached hydrogens (tertiary/aromatic N) is 2. The number of imidazole rings is 1. The Kier molecular flexibility index (Phi) is 3.44. The number of anilines is 1. The summed E-state index contributed by atoms with van der Waals surface area (Å²) in [5.74, 6) is 0.335. The standard InChI is InChI=1S/C17H17N3O/c1-12(2)13-5-7-14(8-6-13)17(21)19-15-4-3-10-20-11-9-18-16(15)20/h3-12H,1-2H3,(H,19,21). The number of carbonyl (C=O) groups is 1. The topological polar surface area (TPSA) is 46.4 Å². The van der Waals surface area contributed by atoms with Gasteiger partial charge in [-0.2, -0.15) is 0 Å². The van der Waals surface area contributed by atoms with Crippen LogP contribution in [0.15, 0.2) is 55.0 Å². The number of rotatable bonds is 3. The molecule has 0 spiro atoms. The molecule has 1 N–H and O–H groups in total. The Balaban J connectivity index is 1.84. The maximum Gasteiger partial charge on any atom is 0.255 e. The van der Waals surface area contributed by atoms with E-state index in [0.717, 1.165) is 5.65 Å². The Morgan fingerprint density at radius 2 is 1.90 bits per heavy atom. The summed E-state index contributed by atoms with van der Waals surface area (Å²) in [5.41, 5.74) is 3.32. The fourth-order valence-corrected chi connectivity index (χ4v) is 2.26. The minimum absolute atomic E-state index is 0.124. The molecule has 0 saturated heterocycles. The highest BCUT2D eigenvalue weighted by atomic mass is 16.1. The third-order valence-corrected chi connectivity index (χ3v) is 3.51. The van der Waals surface area contributed by atoms with Crippen molar-refractivity contribution in [2.24, 2.45) is 0 Å². The number of nitrogens with one attached hydrogen (secondary N) is 1. The maximum atomic E-state index is 12.3. The fraction of sp³-hybridized carbons (Fsp3) is 0.176. The van der Waals surface area contributed by atoms with Gasteiger partial charge in [0.15, 0.2) is 5.65 Å². The van der Waals surface area contributed by atoms with Gasteiger partial charge in [-0.15, -0.1) is 0 Å². The van der Waals surface area contributed by atoms with E-state index in [1.807, 2.05) is 53.2 Å². The van der Waals surface area contributed by atoms with Crippen LogP contribution in [0.1, 0.15) is 35.7 Å². The highest BCUT2D eigenvalue weighted by Crippen LogP contribution is 2.18. The Bertz CT molecular complexity index is 772. The van der Waals surface area contributed by atoms with Gasteiger partial charge < -0.3 is 9.72 Å². The molecule has 0 aliphatic rings. The van der Waals surface area contributed by atoms with Crippen LogP contribution < -0.4 is 5.32 Å². The highest BCUT2D eigenvalue weighted by Gasteiger charge is 2.09. The zero-order chi connectivity index (χ0) is 14.8. The molecule has 0 aliphatic carbocycles. The summed E-state index contributed by atoms with van der Waals surface area (Å²) in [6, 6.07) is 11.4. The van der Waals surface area contributed by atoms with Crippen LogP contribution in [0.5, 0.6) is 0 Å². The van der Waals surface area contributed by atoms with Gasteiger partial charge in [0.05, 0.1) is 5.69 Å². The van der Waals surface area contributed by atoms with Crippen molar-refractivity contribution in [3.05, 3.63) is 66.1 Å². The average Bonchev–Trinajstić information content (AvgIpc) is 2.97. The van der Waals surface area contributed by atoms with E-state index in [9.17, 15) is 4.79 Å². The number of benzene rings is 1. The van der Waals surface area contributed by atoms with E-state index in [1.54, 1.807) is 6.20 Å². The van der Waals surface area contributed by atoms with Crippen LogP contribution in [-0.4, -0.2) is 15.3 Å². The molecule has 0 fully saturated rings. The second-order valence-electron chi connectivity index (χ2n) is 5.31. The lowest BCUT2D eigenvalue weighted by molar-refractivity contribution is 0.102. The molecule has 0 aliphatic heterocycles. The second-order valence-corrected chi connectivity index (χ2v) is 5.31. The van der Waals surface area contributed by atoms with E-state index in [0.29, 0.717) is 17.2 Å². The molecule has 2 aromatic heterocycles. The van der Waals surface area contributed by atoms with Crippen LogP contribution in [0.3, 0.4) is 0 Å². The molecule has 2 heterocycles. The van der Waals surface area contributed by atoms with Crippen molar-refractivity contribution >= 4 is 17.2 Å². The van der Waals surface area contributed by atoms with Crippen LogP contribution in [0.2, 0.25) is 0 Å². The molecule has 1 amide bonds. The normalized spacial score (nSPS) is 11.0. The quantitative estimate of drug-likeness (QED) is 0.794. The number of amides is 1. The zero-order valence-corrected chi connectivity index (χ0v) is 12.1. The lowest BCUT2D eigenvalue weighted by Gasteiger charge is -2.08. The summed E-state index contributed by atoms with van der Waals surface area (Å²) in [5, 5.41) is 2.91. The van der Waals surface area contributed by atoms with Crippen molar-refractivity contribution in [3.8, 4) is 0 Å². The molecule has 106 valence electrons. The van der Waals surface area contributed by atoms with Gasteiger partial charge in [0, 0.05) is 24.2 Å². The van der Waals surface area contributed by atoms with E-state index < -0.39 is 0 Å². The highest BCUT2D eigenvalue weighted by molar-refractivity contribution is 6.05. The summed E-state index contributed by atoms with van der Waals surface area (Å²) in [4.78, 5) is 16.6. The molecule has 0 bridgehead atoms. The van der Waals surface area contributed by atoms with Gasteiger partial charge in [-0.25, -0.2) is 4.98 Å². The Morgan fingerprint density at radius 3 is 2.62 bits per heavy atom.